The molecule has 4 aliphatic rings. The summed E-state index contributed by atoms with van der Waals surface area (Å²) in [7, 11) is 0. The van der Waals surface area contributed by atoms with Crippen molar-refractivity contribution in [1.82, 2.24) is 0 Å². The molecule has 0 radical (unpaired) electrons. The number of ketones is 2. The molecule has 2 amide bonds. The van der Waals surface area contributed by atoms with Gasteiger partial charge in [0.25, 0.3) is 0 Å². The van der Waals surface area contributed by atoms with Crippen LogP contribution in [0, 0.1) is 30.6 Å². The molecule has 4 aromatic rings. The van der Waals surface area contributed by atoms with Gasteiger partial charge in [0.1, 0.15) is 5.75 Å². The van der Waals surface area contributed by atoms with Crippen molar-refractivity contribution in [3.8, 4) is 5.75 Å². The number of aromatic hydroxyl groups is 1. The number of hydrogen-bond donors (Lipinski definition) is 1. The van der Waals surface area contributed by atoms with Crippen LogP contribution in [0.1, 0.15) is 41.0 Å². The fraction of sp³-hybridized carbons (Fsp3) is 0.220. The fourth-order valence-corrected chi connectivity index (χ4v) is 9.10. The highest BCUT2D eigenvalue weighted by Crippen LogP contribution is 2.64. The molecule has 0 spiro atoms. The van der Waals surface area contributed by atoms with Crippen LogP contribution in [0.2, 0.25) is 5.02 Å². The average molecular weight is 654 g/mol. The highest BCUT2D eigenvalue weighted by atomic mass is 35.5. The lowest BCUT2D eigenvalue weighted by atomic mass is 9.44. The van der Waals surface area contributed by atoms with Crippen LogP contribution in [0.15, 0.2) is 121 Å². The van der Waals surface area contributed by atoms with Crippen LogP contribution in [0.4, 0.5) is 5.69 Å². The number of Topliss-reactive ketones (excluding diaryl/α,β-unsaturated/α-hetero) is 1. The second kappa shape index (κ2) is 11.3. The number of imide groups is 1. The first-order valence-electron chi connectivity index (χ1n) is 16.3. The number of para-hydroxylation sites is 1. The fourth-order valence-electron chi connectivity index (χ4n) is 8.98. The molecule has 48 heavy (non-hydrogen) atoms. The number of anilines is 1. The van der Waals surface area contributed by atoms with Gasteiger partial charge in [0.15, 0.2) is 11.6 Å². The number of nitrogens with zero attached hydrogens (tertiary/aromatic N) is 1. The Morgan fingerprint density at radius 2 is 1.48 bits per heavy atom. The van der Waals surface area contributed by atoms with E-state index in [1.54, 1.807) is 24.3 Å². The number of carbonyl (C=O) groups is 4. The second-order valence-electron chi connectivity index (χ2n) is 13.3. The van der Waals surface area contributed by atoms with Gasteiger partial charge in [0, 0.05) is 28.0 Å². The van der Waals surface area contributed by atoms with Crippen molar-refractivity contribution in [2.75, 3.05) is 4.90 Å². The molecule has 1 saturated carbocycles. The Morgan fingerprint density at radius 1 is 0.792 bits per heavy atom. The Balaban J connectivity index is 1.37. The van der Waals surface area contributed by atoms with Gasteiger partial charge in [0.2, 0.25) is 11.8 Å². The third-order valence-electron chi connectivity index (χ3n) is 11.0. The van der Waals surface area contributed by atoms with Crippen molar-refractivity contribution in [3.63, 3.8) is 0 Å². The van der Waals surface area contributed by atoms with Crippen molar-refractivity contribution in [1.29, 1.82) is 0 Å². The van der Waals surface area contributed by atoms with E-state index in [1.165, 1.54) is 11.0 Å². The lowest BCUT2D eigenvalue weighted by molar-refractivity contribution is -0.135. The maximum atomic E-state index is 15.1. The van der Waals surface area contributed by atoms with Crippen LogP contribution in [0.3, 0.4) is 0 Å². The molecule has 1 heterocycles. The zero-order valence-electron chi connectivity index (χ0n) is 26.2. The van der Waals surface area contributed by atoms with Crippen LogP contribution < -0.4 is 4.90 Å². The maximum Gasteiger partial charge on any atom is 0.238 e. The van der Waals surface area contributed by atoms with E-state index in [4.69, 9.17) is 11.6 Å². The number of rotatable bonds is 4. The normalized spacial score (nSPS) is 28.0. The number of fused-ring (bicyclic) bond motifs is 4. The summed E-state index contributed by atoms with van der Waals surface area (Å²) in [6, 6.07) is 30.7. The molecular weight excluding hydrogens is 622 g/mol. The van der Waals surface area contributed by atoms with Crippen LogP contribution in [0.5, 0.6) is 5.75 Å². The number of halogens is 1. The highest BCUT2D eigenvalue weighted by molar-refractivity contribution is 6.32. The van der Waals surface area contributed by atoms with Gasteiger partial charge in [-0.15, -0.1) is 0 Å². The maximum absolute atomic E-state index is 15.1. The quantitative estimate of drug-likeness (QED) is 0.183. The monoisotopic (exact) mass is 653 g/mol. The summed E-state index contributed by atoms with van der Waals surface area (Å²) in [6.45, 7) is 1.81. The SMILES string of the molecule is Cc1cccc(C2C3=CCC4C(=O)N(c5ccc(Cl)cc5)C(=O)C4C3CC3C(=O)C(c4ccccc4)=CC(=O)C32c2ccccc2)c1O. The Hall–Kier alpha value is -5.07. The molecule has 4 aromatic carbocycles. The van der Waals surface area contributed by atoms with Gasteiger partial charge in [-0.3, -0.25) is 24.1 Å². The highest BCUT2D eigenvalue weighted by Gasteiger charge is 2.66. The minimum Gasteiger partial charge on any atom is -0.507 e. The molecule has 6 unspecified atom stereocenters. The number of carbonyl (C=O) groups excluding carboxylic acids is 4. The summed E-state index contributed by atoms with van der Waals surface area (Å²) < 4.78 is 0. The smallest absolute Gasteiger partial charge is 0.238 e. The number of benzene rings is 4. The molecule has 1 aliphatic heterocycles. The number of hydrogen-bond acceptors (Lipinski definition) is 5. The molecule has 2 fully saturated rings. The molecule has 0 bridgehead atoms. The third-order valence-corrected chi connectivity index (χ3v) is 11.3. The zero-order chi connectivity index (χ0) is 33.3. The van der Waals surface area contributed by atoms with Gasteiger partial charge in [0.05, 0.1) is 22.9 Å². The summed E-state index contributed by atoms with van der Waals surface area (Å²) >= 11 is 6.13. The Morgan fingerprint density at radius 3 is 2.19 bits per heavy atom. The average Bonchev–Trinajstić information content (AvgIpc) is 3.37. The Kier molecular flexibility index (Phi) is 7.11. The molecule has 6 nitrogen and oxygen atoms in total. The largest absolute Gasteiger partial charge is 0.507 e. The van der Waals surface area contributed by atoms with Crippen molar-refractivity contribution in [3.05, 3.63) is 148 Å². The summed E-state index contributed by atoms with van der Waals surface area (Å²) in [5.41, 5.74) is 2.71. The molecule has 238 valence electrons. The van der Waals surface area contributed by atoms with Crippen molar-refractivity contribution in [2.45, 2.75) is 31.1 Å². The number of aryl methyl sites for hydroxylation is 1. The minimum absolute atomic E-state index is 0.0509. The van der Waals surface area contributed by atoms with E-state index in [-0.39, 0.29) is 35.6 Å². The first kappa shape index (κ1) is 30.3. The second-order valence-corrected chi connectivity index (χ2v) is 13.7. The van der Waals surface area contributed by atoms with Crippen LogP contribution in [-0.2, 0) is 24.6 Å². The van der Waals surface area contributed by atoms with Crippen molar-refractivity contribution in [2.24, 2.45) is 23.7 Å². The first-order valence-corrected chi connectivity index (χ1v) is 16.6. The molecule has 6 atom stereocenters. The van der Waals surface area contributed by atoms with Crippen LogP contribution >= 0.6 is 11.6 Å². The molecule has 1 saturated heterocycles. The van der Waals surface area contributed by atoms with Gasteiger partial charge in [-0.1, -0.05) is 102 Å². The molecule has 3 aliphatic carbocycles. The van der Waals surface area contributed by atoms with Crippen molar-refractivity contribution >= 4 is 46.2 Å². The van der Waals surface area contributed by atoms with E-state index in [0.717, 1.165) is 5.57 Å². The lowest BCUT2D eigenvalue weighted by Crippen LogP contribution is -2.58. The first-order chi connectivity index (χ1) is 23.2. The number of phenols is 1. The van der Waals surface area contributed by atoms with Crippen molar-refractivity contribution < 1.29 is 24.3 Å². The predicted molar refractivity (Wildman–Crippen MR) is 183 cm³/mol. The summed E-state index contributed by atoms with van der Waals surface area (Å²) in [6.07, 6.45) is 3.99. The van der Waals surface area contributed by atoms with Gasteiger partial charge >= 0.3 is 0 Å². The molecule has 7 heteroatoms. The molecule has 8 rings (SSSR count). The van der Waals surface area contributed by atoms with Gasteiger partial charge < -0.3 is 5.11 Å². The van der Waals surface area contributed by atoms with Gasteiger partial charge in [-0.2, -0.15) is 0 Å². The predicted octanol–water partition coefficient (Wildman–Crippen LogP) is 7.38. The Labute approximate surface area is 283 Å². The van der Waals surface area contributed by atoms with Crippen LogP contribution in [0.25, 0.3) is 5.57 Å². The molecule has 0 aromatic heterocycles. The Bertz CT molecular complexity index is 2070. The van der Waals surface area contributed by atoms with Gasteiger partial charge in [-0.25, -0.2) is 0 Å². The van der Waals surface area contributed by atoms with E-state index in [0.29, 0.717) is 45.0 Å². The van der Waals surface area contributed by atoms with E-state index in [1.807, 2.05) is 91.9 Å². The molecule has 1 N–H and O–H groups in total. The number of amides is 2. The number of allylic oxidation sites excluding steroid dienone is 4. The standard InChI is InChI=1S/C41H32ClNO5/c1-23-9-8-14-30(37(23)45)36-28-19-20-29-35(40(48)43(39(29)47)27-17-15-26(42)16-18-27)32(28)21-33-38(46)31(24-10-4-2-5-11-24)22-34(44)41(33,36)25-12-6-3-7-13-25/h2-19,22,29,32-33,35-36,45H,20-21H2,1H3. The van der Waals surface area contributed by atoms with E-state index in [9.17, 15) is 19.5 Å². The van der Waals surface area contributed by atoms with E-state index >= 15 is 4.79 Å². The van der Waals surface area contributed by atoms with E-state index in [2.05, 4.69) is 0 Å². The third kappa shape index (κ3) is 4.25. The summed E-state index contributed by atoms with van der Waals surface area (Å²) in [4.78, 5) is 59.7. The minimum atomic E-state index is -1.39. The number of phenolic OH excluding ortho intramolecular Hbond substituents is 1. The zero-order valence-corrected chi connectivity index (χ0v) is 26.9. The summed E-state index contributed by atoms with van der Waals surface area (Å²) in [5, 5.41) is 12.2. The molecular formula is C41H32ClNO5. The van der Waals surface area contributed by atoms with Crippen LogP contribution in [-0.4, -0.2) is 28.5 Å². The van der Waals surface area contributed by atoms with E-state index < -0.39 is 35.0 Å². The summed E-state index contributed by atoms with van der Waals surface area (Å²) in [5.74, 6) is -4.46. The van der Waals surface area contributed by atoms with Gasteiger partial charge in [-0.05, 0) is 72.7 Å². The topological polar surface area (TPSA) is 91.8 Å². The lowest BCUT2D eigenvalue weighted by Gasteiger charge is -2.55.